The molecule has 0 aromatic heterocycles. The molecule has 2 N–H and O–H groups in total. The molecule has 2 unspecified atom stereocenters. The lowest BCUT2D eigenvalue weighted by molar-refractivity contribution is -0.123. The van der Waals surface area contributed by atoms with Crippen LogP contribution in [0.3, 0.4) is 0 Å². The maximum Gasteiger partial charge on any atom is 0.238 e. The van der Waals surface area contributed by atoms with Gasteiger partial charge < -0.3 is 20.3 Å². The van der Waals surface area contributed by atoms with E-state index in [-0.39, 0.29) is 18.1 Å². The van der Waals surface area contributed by atoms with Crippen molar-refractivity contribution in [3.63, 3.8) is 0 Å². The minimum Gasteiger partial charge on any atom is -0.374 e. The van der Waals surface area contributed by atoms with Gasteiger partial charge in [0, 0.05) is 37.7 Å². The average molecular weight is 259 g/mol. The van der Waals surface area contributed by atoms with Gasteiger partial charge in [-0.2, -0.15) is 11.8 Å². The first-order chi connectivity index (χ1) is 8.25. The van der Waals surface area contributed by atoms with Crippen LogP contribution >= 0.6 is 11.8 Å². The highest BCUT2D eigenvalue weighted by molar-refractivity contribution is 7.99. The maximum absolute atomic E-state index is 11.9. The second kappa shape index (κ2) is 6.58. The molecule has 2 saturated heterocycles. The zero-order valence-corrected chi connectivity index (χ0v) is 11.1. The van der Waals surface area contributed by atoms with E-state index in [0.29, 0.717) is 6.54 Å². The molecule has 17 heavy (non-hydrogen) atoms. The van der Waals surface area contributed by atoms with Gasteiger partial charge in [0.05, 0.1) is 18.8 Å². The molecule has 6 heteroatoms. The Bertz CT molecular complexity index is 259. The number of hydrogen-bond acceptors (Lipinski definition) is 5. The standard InChI is InChI=1S/C11H21N3O2S/c1-14-3-4-16-9(7-14)6-13-11(15)10-8-17-5-2-12-10/h9-10,12H,2-8H2,1H3,(H,13,15). The highest BCUT2D eigenvalue weighted by Crippen LogP contribution is 2.08. The van der Waals surface area contributed by atoms with Gasteiger partial charge in [0.15, 0.2) is 0 Å². The van der Waals surface area contributed by atoms with E-state index < -0.39 is 0 Å². The largest absolute Gasteiger partial charge is 0.374 e. The Balaban J connectivity index is 1.68. The first-order valence-corrected chi connectivity index (χ1v) is 7.30. The molecule has 0 spiro atoms. The minimum absolute atomic E-state index is 0.0323. The van der Waals surface area contributed by atoms with Crippen molar-refractivity contribution >= 4 is 17.7 Å². The van der Waals surface area contributed by atoms with Crippen LogP contribution in [0.25, 0.3) is 0 Å². The Kier molecular flexibility index (Phi) is 5.09. The van der Waals surface area contributed by atoms with Crippen molar-refractivity contribution < 1.29 is 9.53 Å². The van der Waals surface area contributed by atoms with Crippen molar-refractivity contribution in [1.82, 2.24) is 15.5 Å². The van der Waals surface area contributed by atoms with Crippen molar-refractivity contribution in [2.75, 3.05) is 51.3 Å². The molecule has 0 saturated carbocycles. The number of nitrogens with zero attached hydrogens (tertiary/aromatic N) is 1. The summed E-state index contributed by atoms with van der Waals surface area (Å²) in [7, 11) is 2.08. The van der Waals surface area contributed by atoms with Crippen LogP contribution in [0.4, 0.5) is 0 Å². The number of carbonyl (C=O) groups excluding carboxylic acids is 1. The highest BCUT2D eigenvalue weighted by Gasteiger charge is 2.23. The second-order valence-electron chi connectivity index (χ2n) is 4.58. The summed E-state index contributed by atoms with van der Waals surface area (Å²) in [6.45, 7) is 4.17. The van der Waals surface area contributed by atoms with Crippen molar-refractivity contribution in [1.29, 1.82) is 0 Å². The normalized spacial score (nSPS) is 31.1. The van der Waals surface area contributed by atoms with Crippen LogP contribution in [0.15, 0.2) is 0 Å². The molecule has 98 valence electrons. The lowest BCUT2D eigenvalue weighted by Crippen LogP contribution is -2.52. The summed E-state index contributed by atoms with van der Waals surface area (Å²) in [4.78, 5) is 14.1. The molecule has 0 aromatic rings. The van der Waals surface area contributed by atoms with E-state index in [9.17, 15) is 4.79 Å². The zero-order chi connectivity index (χ0) is 12.1. The molecule has 0 bridgehead atoms. The summed E-state index contributed by atoms with van der Waals surface area (Å²) in [5, 5.41) is 6.21. The number of thioether (sulfide) groups is 1. The molecule has 1 amide bonds. The van der Waals surface area contributed by atoms with Gasteiger partial charge in [-0.05, 0) is 7.05 Å². The highest BCUT2D eigenvalue weighted by atomic mass is 32.2. The second-order valence-corrected chi connectivity index (χ2v) is 5.73. The molecule has 5 nitrogen and oxygen atoms in total. The predicted molar refractivity (Wildman–Crippen MR) is 69.4 cm³/mol. The van der Waals surface area contributed by atoms with E-state index in [4.69, 9.17) is 4.74 Å². The monoisotopic (exact) mass is 259 g/mol. The summed E-state index contributed by atoms with van der Waals surface area (Å²) in [5.41, 5.74) is 0. The predicted octanol–water partition coefficient (Wildman–Crippen LogP) is -0.862. The Morgan fingerprint density at radius 2 is 2.53 bits per heavy atom. The molecule has 2 heterocycles. The third kappa shape index (κ3) is 4.13. The Hall–Kier alpha value is -0.300. The molecule has 2 rings (SSSR count). The maximum atomic E-state index is 11.9. The van der Waals surface area contributed by atoms with Crippen LogP contribution < -0.4 is 10.6 Å². The molecule has 0 aliphatic carbocycles. The quantitative estimate of drug-likeness (QED) is 0.691. The van der Waals surface area contributed by atoms with Gasteiger partial charge in [0.25, 0.3) is 0 Å². The lowest BCUT2D eigenvalue weighted by Gasteiger charge is -2.30. The Morgan fingerprint density at radius 1 is 1.65 bits per heavy atom. The van der Waals surface area contributed by atoms with Crippen LogP contribution in [-0.4, -0.2) is 74.3 Å². The molecule has 2 atom stereocenters. The van der Waals surface area contributed by atoms with Gasteiger partial charge in [-0.3, -0.25) is 4.79 Å². The van der Waals surface area contributed by atoms with Gasteiger partial charge in [-0.15, -0.1) is 0 Å². The number of morpholine rings is 1. The first kappa shape index (κ1) is 13.1. The van der Waals surface area contributed by atoms with Gasteiger partial charge in [-0.1, -0.05) is 0 Å². The number of nitrogens with one attached hydrogen (secondary N) is 2. The van der Waals surface area contributed by atoms with Crippen molar-refractivity contribution in [3.8, 4) is 0 Å². The van der Waals surface area contributed by atoms with E-state index in [1.54, 1.807) is 0 Å². The first-order valence-electron chi connectivity index (χ1n) is 6.14. The fourth-order valence-electron chi connectivity index (χ4n) is 2.06. The summed E-state index contributed by atoms with van der Waals surface area (Å²) in [5.74, 6) is 2.08. The van der Waals surface area contributed by atoms with Gasteiger partial charge in [0.1, 0.15) is 0 Å². The molecule has 0 aromatic carbocycles. The molecule has 2 fully saturated rings. The van der Waals surface area contributed by atoms with Gasteiger partial charge >= 0.3 is 0 Å². The number of ether oxygens (including phenoxy) is 1. The van der Waals surface area contributed by atoms with Crippen LogP contribution in [0.2, 0.25) is 0 Å². The Labute approximate surface area is 107 Å². The fraction of sp³-hybridized carbons (Fsp3) is 0.909. The van der Waals surface area contributed by atoms with E-state index in [0.717, 1.165) is 37.7 Å². The summed E-state index contributed by atoms with van der Waals surface area (Å²) >= 11 is 1.83. The molecule has 2 aliphatic rings. The van der Waals surface area contributed by atoms with E-state index in [1.165, 1.54) is 0 Å². The summed E-state index contributed by atoms with van der Waals surface area (Å²) in [6, 6.07) is -0.0323. The molecule has 2 aliphatic heterocycles. The SMILES string of the molecule is CN1CCOC(CNC(=O)C2CSCCN2)C1. The van der Waals surface area contributed by atoms with Gasteiger partial charge in [0.2, 0.25) is 5.91 Å². The lowest BCUT2D eigenvalue weighted by atomic mass is 10.2. The van der Waals surface area contributed by atoms with E-state index in [1.807, 2.05) is 11.8 Å². The third-order valence-electron chi connectivity index (χ3n) is 3.08. The number of hydrogen-bond donors (Lipinski definition) is 2. The topological polar surface area (TPSA) is 53.6 Å². The third-order valence-corrected chi connectivity index (χ3v) is 4.15. The number of rotatable bonds is 3. The van der Waals surface area contributed by atoms with Gasteiger partial charge in [-0.25, -0.2) is 0 Å². The Morgan fingerprint density at radius 3 is 3.24 bits per heavy atom. The van der Waals surface area contributed by atoms with Crippen LogP contribution in [0.5, 0.6) is 0 Å². The number of likely N-dealkylation sites (N-methyl/N-ethyl adjacent to an activating group) is 1. The zero-order valence-electron chi connectivity index (χ0n) is 10.3. The van der Waals surface area contributed by atoms with Crippen LogP contribution in [0, 0.1) is 0 Å². The summed E-state index contributed by atoms with van der Waals surface area (Å²) in [6.07, 6.45) is 0.133. The number of amides is 1. The number of carbonyl (C=O) groups is 1. The van der Waals surface area contributed by atoms with Crippen LogP contribution in [0.1, 0.15) is 0 Å². The van der Waals surface area contributed by atoms with Crippen molar-refractivity contribution in [2.24, 2.45) is 0 Å². The minimum atomic E-state index is -0.0323. The molecular weight excluding hydrogens is 238 g/mol. The van der Waals surface area contributed by atoms with E-state index in [2.05, 4.69) is 22.6 Å². The van der Waals surface area contributed by atoms with Crippen molar-refractivity contribution in [2.45, 2.75) is 12.1 Å². The fourth-order valence-corrected chi connectivity index (χ4v) is 3.00. The molecular formula is C11H21N3O2S. The molecule has 0 radical (unpaired) electrons. The van der Waals surface area contributed by atoms with Crippen molar-refractivity contribution in [3.05, 3.63) is 0 Å². The average Bonchev–Trinajstić information content (AvgIpc) is 2.37. The van der Waals surface area contributed by atoms with Crippen LogP contribution in [-0.2, 0) is 9.53 Å². The smallest absolute Gasteiger partial charge is 0.238 e. The summed E-state index contributed by atoms with van der Waals surface area (Å²) < 4.78 is 5.60. The van der Waals surface area contributed by atoms with E-state index >= 15 is 0 Å².